The number of nitrogens with one attached hydrogen (secondary N) is 1. The molecule has 9 nitrogen and oxygen atoms in total. The van der Waals surface area contributed by atoms with Gasteiger partial charge in [-0.2, -0.15) is 0 Å². The fraction of sp³-hybridized carbons (Fsp3) is 0.375. The van der Waals surface area contributed by atoms with E-state index in [4.69, 9.17) is 32.7 Å². The van der Waals surface area contributed by atoms with Crippen molar-refractivity contribution >= 4 is 50.7 Å². The summed E-state index contributed by atoms with van der Waals surface area (Å²) in [5, 5.41) is 3.64. The van der Waals surface area contributed by atoms with Gasteiger partial charge in [-0.3, -0.25) is 13.9 Å². The van der Waals surface area contributed by atoms with Crippen LogP contribution in [0.2, 0.25) is 10.0 Å². The standard InChI is InChI=1S/C32H37Cl2N3O6S/c1-4-22(3)35-32(39)28(18-23-10-7-6-8-11-23)36(20-25-26(33)12-9-13-27(25)34)31(38)21-37(44(40,41)5-2)24-14-15-29-30(19-24)43-17-16-42-29/h6-15,19,22,28H,4-5,16-18,20-21H2,1-3H3,(H,35,39). The second-order valence-corrected chi connectivity index (χ2v) is 13.5. The van der Waals surface area contributed by atoms with Crippen LogP contribution in [0.4, 0.5) is 5.69 Å². The molecule has 0 saturated heterocycles. The highest BCUT2D eigenvalue weighted by Crippen LogP contribution is 2.35. The fourth-order valence-electron chi connectivity index (χ4n) is 4.76. The first kappa shape index (κ1) is 33.4. The summed E-state index contributed by atoms with van der Waals surface area (Å²) in [6, 6.07) is 17.9. The summed E-state index contributed by atoms with van der Waals surface area (Å²) in [4.78, 5) is 29.6. The van der Waals surface area contributed by atoms with Crippen molar-refractivity contribution in [1.29, 1.82) is 0 Å². The Kier molecular flexibility index (Phi) is 11.4. The molecule has 12 heteroatoms. The summed E-state index contributed by atoms with van der Waals surface area (Å²) in [6.45, 7) is 5.33. The molecule has 2 atom stereocenters. The zero-order valence-corrected chi connectivity index (χ0v) is 27.3. The molecule has 0 fully saturated rings. The SMILES string of the molecule is CCC(C)NC(=O)C(Cc1ccccc1)N(Cc1c(Cl)cccc1Cl)C(=O)CN(c1ccc2c(c1)OCCO2)S(=O)(=O)CC. The summed E-state index contributed by atoms with van der Waals surface area (Å²) in [5.41, 5.74) is 1.51. The highest BCUT2D eigenvalue weighted by Gasteiger charge is 2.35. The molecule has 0 spiro atoms. The number of fused-ring (bicyclic) bond motifs is 1. The van der Waals surface area contributed by atoms with Gasteiger partial charge >= 0.3 is 0 Å². The van der Waals surface area contributed by atoms with Gasteiger partial charge in [-0.25, -0.2) is 8.42 Å². The first-order valence-corrected chi connectivity index (χ1v) is 16.9. The van der Waals surface area contributed by atoms with Gasteiger partial charge in [0.1, 0.15) is 25.8 Å². The molecular weight excluding hydrogens is 625 g/mol. The van der Waals surface area contributed by atoms with E-state index in [1.807, 2.05) is 44.2 Å². The van der Waals surface area contributed by atoms with Crippen molar-refractivity contribution in [3.05, 3.63) is 87.9 Å². The molecule has 0 radical (unpaired) electrons. The van der Waals surface area contributed by atoms with Gasteiger partial charge in [-0.05, 0) is 50.1 Å². The molecule has 2 unspecified atom stereocenters. The number of anilines is 1. The Morgan fingerprint density at radius 2 is 1.59 bits per heavy atom. The lowest BCUT2D eigenvalue weighted by Gasteiger charge is -2.34. The smallest absolute Gasteiger partial charge is 0.244 e. The molecule has 0 aromatic heterocycles. The highest BCUT2D eigenvalue weighted by molar-refractivity contribution is 7.92. The van der Waals surface area contributed by atoms with Crippen LogP contribution in [0.3, 0.4) is 0 Å². The molecule has 1 N–H and O–H groups in total. The first-order valence-electron chi connectivity index (χ1n) is 14.5. The quantitative estimate of drug-likeness (QED) is 0.260. The Morgan fingerprint density at radius 1 is 0.932 bits per heavy atom. The van der Waals surface area contributed by atoms with Crippen LogP contribution in [0.1, 0.15) is 38.3 Å². The Morgan fingerprint density at radius 3 is 2.23 bits per heavy atom. The van der Waals surface area contributed by atoms with Gasteiger partial charge in [-0.1, -0.05) is 66.5 Å². The molecule has 4 rings (SSSR count). The number of rotatable bonds is 13. The van der Waals surface area contributed by atoms with Gasteiger partial charge in [0.15, 0.2) is 11.5 Å². The topological polar surface area (TPSA) is 105 Å². The molecule has 236 valence electrons. The highest BCUT2D eigenvalue weighted by atomic mass is 35.5. The van der Waals surface area contributed by atoms with E-state index in [9.17, 15) is 18.0 Å². The van der Waals surface area contributed by atoms with Crippen molar-refractivity contribution in [3.63, 3.8) is 0 Å². The van der Waals surface area contributed by atoms with Crippen LogP contribution in [0, 0.1) is 0 Å². The van der Waals surface area contributed by atoms with Gasteiger partial charge in [0.25, 0.3) is 0 Å². The lowest BCUT2D eigenvalue weighted by molar-refractivity contribution is -0.140. The second-order valence-electron chi connectivity index (χ2n) is 10.5. The maximum Gasteiger partial charge on any atom is 0.244 e. The zero-order chi connectivity index (χ0) is 31.9. The van der Waals surface area contributed by atoms with Crippen LogP contribution in [0.15, 0.2) is 66.7 Å². The molecule has 3 aromatic rings. The van der Waals surface area contributed by atoms with Gasteiger partial charge in [0.2, 0.25) is 21.8 Å². The van der Waals surface area contributed by atoms with Gasteiger partial charge in [0, 0.05) is 40.7 Å². The average Bonchev–Trinajstić information content (AvgIpc) is 3.02. The van der Waals surface area contributed by atoms with E-state index in [0.29, 0.717) is 46.7 Å². The van der Waals surface area contributed by atoms with Crippen molar-refractivity contribution in [2.24, 2.45) is 0 Å². The van der Waals surface area contributed by atoms with Crippen molar-refractivity contribution < 1.29 is 27.5 Å². The molecular formula is C32H37Cl2N3O6S. The largest absolute Gasteiger partial charge is 0.486 e. The third kappa shape index (κ3) is 8.16. The summed E-state index contributed by atoms with van der Waals surface area (Å²) in [6.07, 6.45) is 0.863. The Balaban J connectivity index is 1.79. The molecule has 0 saturated carbocycles. The van der Waals surface area contributed by atoms with Crippen LogP contribution in [0.5, 0.6) is 11.5 Å². The van der Waals surface area contributed by atoms with E-state index in [2.05, 4.69) is 5.32 Å². The second kappa shape index (κ2) is 15.0. The Labute approximate surface area is 269 Å². The third-order valence-corrected chi connectivity index (χ3v) is 9.90. The normalized spacial score (nSPS) is 13.9. The minimum Gasteiger partial charge on any atom is -0.486 e. The zero-order valence-electron chi connectivity index (χ0n) is 25.0. The number of benzene rings is 3. The summed E-state index contributed by atoms with van der Waals surface area (Å²) in [7, 11) is -3.95. The van der Waals surface area contributed by atoms with Crippen molar-refractivity contribution in [1.82, 2.24) is 10.2 Å². The number of hydrogen-bond acceptors (Lipinski definition) is 6. The van der Waals surface area contributed by atoms with Crippen molar-refractivity contribution in [2.45, 2.75) is 52.2 Å². The van der Waals surface area contributed by atoms with Gasteiger partial charge in [-0.15, -0.1) is 0 Å². The van der Waals surface area contributed by atoms with E-state index in [1.165, 1.54) is 11.8 Å². The number of hydrogen-bond donors (Lipinski definition) is 1. The molecule has 44 heavy (non-hydrogen) atoms. The molecule has 3 aromatic carbocycles. The Bertz CT molecular complexity index is 1550. The number of amides is 2. The first-order chi connectivity index (χ1) is 21.0. The summed E-state index contributed by atoms with van der Waals surface area (Å²) >= 11 is 13.1. The monoisotopic (exact) mass is 661 g/mol. The summed E-state index contributed by atoms with van der Waals surface area (Å²) < 4.78 is 39.2. The van der Waals surface area contributed by atoms with E-state index >= 15 is 0 Å². The lowest BCUT2D eigenvalue weighted by Crippen LogP contribution is -2.54. The number of carbonyl (C=O) groups excluding carboxylic acids is 2. The third-order valence-electron chi connectivity index (χ3n) is 7.46. The maximum atomic E-state index is 14.4. The van der Waals surface area contributed by atoms with E-state index in [1.54, 1.807) is 36.4 Å². The van der Waals surface area contributed by atoms with Gasteiger partial charge < -0.3 is 19.7 Å². The average molecular weight is 663 g/mol. The number of ether oxygens (including phenoxy) is 2. The lowest BCUT2D eigenvalue weighted by atomic mass is 10.0. The summed E-state index contributed by atoms with van der Waals surface area (Å²) in [5.74, 6) is -0.364. The van der Waals surface area contributed by atoms with Crippen LogP contribution >= 0.6 is 23.2 Å². The molecule has 1 aliphatic heterocycles. The molecule has 1 heterocycles. The minimum absolute atomic E-state index is 0.121. The molecule has 2 amide bonds. The van der Waals surface area contributed by atoms with E-state index in [0.717, 1.165) is 9.87 Å². The minimum atomic E-state index is -3.95. The van der Waals surface area contributed by atoms with E-state index < -0.39 is 28.5 Å². The Hall–Kier alpha value is -3.47. The van der Waals surface area contributed by atoms with E-state index in [-0.39, 0.29) is 36.4 Å². The molecule has 0 aliphatic carbocycles. The predicted octanol–water partition coefficient (Wildman–Crippen LogP) is 5.48. The van der Waals surface area contributed by atoms with Crippen molar-refractivity contribution in [3.8, 4) is 11.5 Å². The van der Waals surface area contributed by atoms with Gasteiger partial charge in [0.05, 0.1) is 11.4 Å². The van der Waals surface area contributed by atoms with Crippen LogP contribution in [-0.2, 0) is 32.6 Å². The fourth-order valence-corrected chi connectivity index (χ4v) is 6.33. The van der Waals surface area contributed by atoms with Crippen LogP contribution in [0.25, 0.3) is 0 Å². The van der Waals surface area contributed by atoms with Crippen LogP contribution in [-0.4, -0.2) is 62.7 Å². The number of halogens is 2. The molecule has 0 bridgehead atoms. The maximum absolute atomic E-state index is 14.4. The van der Waals surface area contributed by atoms with Crippen molar-refractivity contribution in [2.75, 3.05) is 29.8 Å². The predicted molar refractivity (Wildman–Crippen MR) is 173 cm³/mol. The van der Waals surface area contributed by atoms with Crippen LogP contribution < -0.4 is 19.1 Å². The molecule has 1 aliphatic rings. The number of carbonyl (C=O) groups is 2. The number of sulfonamides is 1. The number of nitrogens with zero attached hydrogens (tertiary/aromatic N) is 2.